The number of nitrogens with zero attached hydrogens (tertiary/aromatic N) is 3. The summed E-state index contributed by atoms with van der Waals surface area (Å²) < 4.78 is 3.87. The van der Waals surface area contributed by atoms with Crippen LogP contribution in [0, 0.1) is 0 Å². The minimum Gasteiger partial charge on any atom is -0.341 e. The molecule has 2 aromatic rings. The molecule has 11 heavy (non-hydrogen) atoms. The molecule has 5 heteroatoms. The third-order valence-electron chi connectivity index (χ3n) is 1.43. The third kappa shape index (κ3) is 0.917. The first-order chi connectivity index (χ1) is 5.42. The van der Waals surface area contributed by atoms with Crippen molar-refractivity contribution in [2.24, 2.45) is 4.74 Å². The van der Waals surface area contributed by atoms with Crippen molar-refractivity contribution < 1.29 is 0 Å². The predicted molar refractivity (Wildman–Crippen MR) is 44.3 cm³/mol. The van der Waals surface area contributed by atoms with Crippen molar-refractivity contribution in [1.29, 1.82) is 0 Å². The molecule has 1 N–H and O–H groups in total. The zero-order valence-electron chi connectivity index (χ0n) is 5.57. The second-order valence-electron chi connectivity index (χ2n) is 2.04. The van der Waals surface area contributed by atoms with E-state index in [-0.39, 0.29) is 0 Å². The number of aromatic amines is 1. The fourth-order valence-electron chi connectivity index (χ4n) is 0.928. The third-order valence-corrected chi connectivity index (χ3v) is 1.67. The predicted octanol–water partition coefficient (Wildman–Crippen LogP) is 1.92. The van der Waals surface area contributed by atoms with Gasteiger partial charge in [-0.25, -0.2) is 14.7 Å². The molecule has 0 amide bonds. The molecule has 54 valence electrons. The first-order valence-electron chi connectivity index (χ1n) is 3.07. The highest BCUT2D eigenvalue weighted by molar-refractivity contribution is 7.04. The number of rotatable bonds is 1. The molecule has 0 atom stereocenters. The molecule has 2 heterocycles. The molecule has 0 fully saturated rings. The molecule has 0 aliphatic carbocycles. The summed E-state index contributed by atoms with van der Waals surface area (Å²) in [4.78, 5) is 10.9. The summed E-state index contributed by atoms with van der Waals surface area (Å²) in [5.74, 6) is 0. The Morgan fingerprint density at radius 1 is 1.45 bits per heavy atom. The average Bonchev–Trinajstić information content (AvgIpc) is 2.50. The van der Waals surface area contributed by atoms with Crippen molar-refractivity contribution in [2.45, 2.75) is 0 Å². The van der Waals surface area contributed by atoms with Gasteiger partial charge in [0.25, 0.3) is 0 Å². The Hall–Kier alpha value is -1.28. The van der Waals surface area contributed by atoms with Crippen molar-refractivity contribution in [3.63, 3.8) is 0 Å². The largest absolute Gasteiger partial charge is 0.341 e. The summed E-state index contributed by atoms with van der Waals surface area (Å²) in [6.07, 6.45) is 3.26. The van der Waals surface area contributed by atoms with Crippen LogP contribution >= 0.6 is 9.03 Å². The van der Waals surface area contributed by atoms with E-state index < -0.39 is 0 Å². The minimum absolute atomic E-state index is 0.685. The van der Waals surface area contributed by atoms with Gasteiger partial charge in [-0.3, -0.25) is 0 Å². The van der Waals surface area contributed by atoms with Crippen LogP contribution in [0.1, 0.15) is 0 Å². The summed E-state index contributed by atoms with van der Waals surface area (Å²) in [6.45, 7) is 0. The second kappa shape index (κ2) is 2.40. The van der Waals surface area contributed by atoms with Crippen LogP contribution in [0.25, 0.3) is 11.2 Å². The highest BCUT2D eigenvalue weighted by atomic mass is 31.0. The lowest BCUT2D eigenvalue weighted by molar-refractivity contribution is 1.30. The van der Waals surface area contributed by atoms with Gasteiger partial charge in [0.1, 0.15) is 5.52 Å². The highest BCUT2D eigenvalue weighted by Crippen LogP contribution is 2.20. The molecular formula is C6H5N4P. The number of aromatic nitrogens is 3. The van der Waals surface area contributed by atoms with Gasteiger partial charge in [0.2, 0.25) is 0 Å². The normalized spacial score (nSPS) is 10.2. The van der Waals surface area contributed by atoms with Gasteiger partial charge in [0.15, 0.2) is 5.65 Å². The van der Waals surface area contributed by atoms with Crippen LogP contribution in [0.15, 0.2) is 23.3 Å². The van der Waals surface area contributed by atoms with Gasteiger partial charge < -0.3 is 4.98 Å². The number of H-pyrrole nitrogens is 1. The Kier molecular flexibility index (Phi) is 1.40. The van der Waals surface area contributed by atoms with E-state index in [0.717, 1.165) is 11.2 Å². The van der Waals surface area contributed by atoms with Crippen LogP contribution in [0.3, 0.4) is 0 Å². The molecule has 2 aromatic heterocycles. The molecule has 0 spiro atoms. The number of imidazole rings is 1. The van der Waals surface area contributed by atoms with E-state index in [1.165, 1.54) is 0 Å². The molecule has 0 aliphatic rings. The van der Waals surface area contributed by atoms with Crippen LogP contribution in [0.5, 0.6) is 0 Å². The van der Waals surface area contributed by atoms with Crippen molar-refractivity contribution in [3.05, 3.63) is 18.6 Å². The molecule has 0 radical (unpaired) electrons. The smallest absolute Gasteiger partial charge is 0.179 e. The Morgan fingerprint density at radius 3 is 3.18 bits per heavy atom. The van der Waals surface area contributed by atoms with Crippen LogP contribution in [0.2, 0.25) is 0 Å². The van der Waals surface area contributed by atoms with E-state index in [1.807, 2.05) is 0 Å². The summed E-state index contributed by atoms with van der Waals surface area (Å²) in [5, 5.41) is 0. The Bertz CT molecular complexity index is 394. The summed E-state index contributed by atoms with van der Waals surface area (Å²) in [6, 6.07) is 1.80. The van der Waals surface area contributed by atoms with Gasteiger partial charge in [-0.15, -0.1) is 0 Å². The fraction of sp³-hybridized carbons (Fsp3) is 0. The molecule has 0 aromatic carbocycles. The standard InChI is InChI=1S/C6H5N4P/c11-10-4-1-2-7-6-5(4)8-3-9-6/h1-3,11H,(H,7,8,9). The van der Waals surface area contributed by atoms with Gasteiger partial charge >= 0.3 is 0 Å². The van der Waals surface area contributed by atoms with E-state index in [4.69, 9.17) is 0 Å². The van der Waals surface area contributed by atoms with Crippen molar-refractivity contribution in [2.75, 3.05) is 0 Å². The molecule has 4 nitrogen and oxygen atoms in total. The molecular weight excluding hydrogens is 159 g/mol. The Balaban J connectivity index is 2.88. The average molecular weight is 164 g/mol. The quantitative estimate of drug-likeness (QED) is 0.654. The molecule has 0 bridgehead atoms. The summed E-state index contributed by atoms with van der Waals surface area (Å²) >= 11 is 0. The van der Waals surface area contributed by atoms with E-state index in [9.17, 15) is 0 Å². The maximum Gasteiger partial charge on any atom is 0.179 e. The van der Waals surface area contributed by atoms with E-state index >= 15 is 0 Å². The van der Waals surface area contributed by atoms with Gasteiger partial charge in [-0.05, 0) is 15.1 Å². The van der Waals surface area contributed by atoms with Crippen molar-refractivity contribution in [3.8, 4) is 0 Å². The van der Waals surface area contributed by atoms with Crippen LogP contribution in [-0.4, -0.2) is 15.0 Å². The van der Waals surface area contributed by atoms with Crippen LogP contribution < -0.4 is 0 Å². The van der Waals surface area contributed by atoms with Gasteiger partial charge in [0.05, 0.1) is 12.0 Å². The lowest BCUT2D eigenvalue weighted by atomic mass is 10.4. The van der Waals surface area contributed by atoms with E-state index in [1.54, 1.807) is 18.6 Å². The zero-order chi connectivity index (χ0) is 7.68. The monoisotopic (exact) mass is 164 g/mol. The van der Waals surface area contributed by atoms with E-state index in [2.05, 4.69) is 28.7 Å². The van der Waals surface area contributed by atoms with Crippen molar-refractivity contribution in [1.82, 2.24) is 15.0 Å². The number of hydrogen-bond acceptors (Lipinski definition) is 3. The second-order valence-corrected chi connectivity index (χ2v) is 2.27. The Labute approximate surface area is 65.0 Å². The SMILES string of the molecule is P=Nc1ccnc2nc[nH]c12. The van der Waals surface area contributed by atoms with Crippen LogP contribution in [-0.2, 0) is 0 Å². The lowest BCUT2D eigenvalue weighted by Crippen LogP contribution is -1.74. The van der Waals surface area contributed by atoms with Crippen LogP contribution in [0.4, 0.5) is 5.69 Å². The first-order valence-corrected chi connectivity index (χ1v) is 3.52. The molecule has 0 unspecified atom stereocenters. The number of hydrogen-bond donors (Lipinski definition) is 1. The fourth-order valence-corrected chi connectivity index (χ4v) is 1.11. The van der Waals surface area contributed by atoms with Gasteiger partial charge in [-0.2, -0.15) is 0 Å². The molecule has 0 saturated heterocycles. The molecule has 0 saturated carbocycles. The maximum absolute atomic E-state index is 4.03. The first kappa shape index (κ1) is 6.43. The van der Waals surface area contributed by atoms with Crippen molar-refractivity contribution >= 4 is 25.9 Å². The summed E-state index contributed by atoms with van der Waals surface area (Å²) in [5.41, 5.74) is 2.34. The van der Waals surface area contributed by atoms with Gasteiger partial charge in [0, 0.05) is 6.20 Å². The minimum atomic E-state index is 0.685. The molecule has 2 rings (SSSR count). The maximum atomic E-state index is 4.03. The van der Waals surface area contributed by atoms with Gasteiger partial charge in [-0.1, -0.05) is 0 Å². The number of fused-ring (bicyclic) bond motifs is 1. The Morgan fingerprint density at radius 2 is 2.36 bits per heavy atom. The highest BCUT2D eigenvalue weighted by Gasteiger charge is 1.99. The number of nitrogens with one attached hydrogen (secondary N) is 1. The van der Waals surface area contributed by atoms with E-state index in [0.29, 0.717) is 5.65 Å². The topological polar surface area (TPSA) is 53.9 Å². The number of pyridine rings is 1. The zero-order valence-corrected chi connectivity index (χ0v) is 6.57. The lowest BCUT2D eigenvalue weighted by Gasteiger charge is -1.90. The summed E-state index contributed by atoms with van der Waals surface area (Å²) in [7, 11) is 3.06. The molecule has 0 aliphatic heterocycles.